The van der Waals surface area contributed by atoms with E-state index in [0.717, 1.165) is 24.8 Å². The minimum absolute atomic E-state index is 0.0964. The number of halogens is 2. The zero-order chi connectivity index (χ0) is 15.5. The van der Waals surface area contributed by atoms with Gasteiger partial charge in [-0.05, 0) is 75.0 Å². The first-order chi connectivity index (χ1) is 10.4. The van der Waals surface area contributed by atoms with Crippen LogP contribution in [0, 0.1) is 30.0 Å². The van der Waals surface area contributed by atoms with Crippen molar-refractivity contribution in [3.8, 4) is 0 Å². The molecule has 1 aromatic rings. The van der Waals surface area contributed by atoms with Gasteiger partial charge in [-0.25, -0.2) is 4.39 Å². The fourth-order valence-electron chi connectivity index (χ4n) is 5.40. The van der Waals surface area contributed by atoms with E-state index in [1.807, 2.05) is 6.92 Å². The average Bonchev–Trinajstić information content (AvgIpc) is 2.40. The standard InChI is InChI=1S/C18H21BrFNO/c1-11-2-3-14(20)5-15(11)21-16(22)17-6-12-4-13(7-17)9-18(19,8-12)10-17/h2-3,5,12-13H,4,6-10H2,1H3,(H,21,22). The molecule has 4 saturated carbocycles. The van der Waals surface area contributed by atoms with Crippen LogP contribution >= 0.6 is 15.9 Å². The summed E-state index contributed by atoms with van der Waals surface area (Å²) in [6.07, 6.45) is 6.61. The number of amides is 1. The van der Waals surface area contributed by atoms with Crippen LogP contribution in [0.3, 0.4) is 0 Å². The third kappa shape index (κ3) is 2.31. The second kappa shape index (κ2) is 4.80. The second-order valence-electron chi connectivity index (χ2n) is 7.81. The lowest BCUT2D eigenvalue weighted by molar-refractivity contribution is -0.138. The number of hydrogen-bond acceptors (Lipinski definition) is 1. The van der Waals surface area contributed by atoms with Gasteiger partial charge in [0.2, 0.25) is 5.91 Å². The molecule has 0 radical (unpaired) electrons. The molecule has 0 spiro atoms. The molecule has 1 aromatic carbocycles. The zero-order valence-corrected chi connectivity index (χ0v) is 14.4. The summed E-state index contributed by atoms with van der Waals surface area (Å²) in [5, 5.41) is 3.03. The van der Waals surface area contributed by atoms with Gasteiger partial charge >= 0.3 is 0 Å². The molecule has 4 heteroatoms. The van der Waals surface area contributed by atoms with Crippen LogP contribution in [-0.2, 0) is 4.79 Å². The molecule has 1 amide bonds. The van der Waals surface area contributed by atoms with Gasteiger partial charge in [-0.3, -0.25) is 4.79 Å². The maximum absolute atomic E-state index is 13.5. The third-order valence-corrected chi connectivity index (χ3v) is 6.85. The monoisotopic (exact) mass is 365 g/mol. The van der Waals surface area contributed by atoms with Crippen LogP contribution in [0.15, 0.2) is 18.2 Å². The Bertz CT molecular complexity index is 630. The van der Waals surface area contributed by atoms with Crippen LogP contribution in [0.25, 0.3) is 0 Å². The van der Waals surface area contributed by atoms with E-state index < -0.39 is 0 Å². The Morgan fingerprint density at radius 1 is 1.27 bits per heavy atom. The number of rotatable bonds is 2. The van der Waals surface area contributed by atoms with E-state index in [1.165, 1.54) is 31.4 Å². The molecule has 118 valence electrons. The number of hydrogen-bond donors (Lipinski definition) is 1. The van der Waals surface area contributed by atoms with Crippen molar-refractivity contribution in [2.24, 2.45) is 17.3 Å². The first-order valence-corrected chi connectivity index (χ1v) is 8.93. The van der Waals surface area contributed by atoms with E-state index in [2.05, 4.69) is 21.2 Å². The Hall–Kier alpha value is -0.900. The molecule has 0 aromatic heterocycles. The lowest BCUT2D eigenvalue weighted by atomic mass is 9.49. The molecule has 4 bridgehead atoms. The van der Waals surface area contributed by atoms with Gasteiger partial charge in [0.25, 0.3) is 0 Å². The highest BCUT2D eigenvalue weighted by Crippen LogP contribution is 2.64. The number of aryl methyl sites for hydroxylation is 1. The molecule has 2 atom stereocenters. The zero-order valence-electron chi connectivity index (χ0n) is 12.8. The fourth-order valence-corrected chi connectivity index (χ4v) is 6.85. The topological polar surface area (TPSA) is 29.1 Å². The van der Waals surface area contributed by atoms with Crippen molar-refractivity contribution in [1.29, 1.82) is 0 Å². The maximum atomic E-state index is 13.5. The van der Waals surface area contributed by atoms with E-state index >= 15 is 0 Å². The number of anilines is 1. The Morgan fingerprint density at radius 3 is 2.59 bits per heavy atom. The normalized spacial score (nSPS) is 39.0. The quantitative estimate of drug-likeness (QED) is 0.748. The molecule has 1 N–H and O–H groups in total. The number of carbonyl (C=O) groups excluding carboxylic acids is 1. The Morgan fingerprint density at radius 2 is 1.95 bits per heavy atom. The minimum atomic E-state index is -0.302. The summed E-state index contributed by atoms with van der Waals surface area (Å²) in [6.45, 7) is 1.90. The minimum Gasteiger partial charge on any atom is -0.325 e. The first kappa shape index (κ1) is 14.7. The Kier molecular flexibility index (Phi) is 3.20. The van der Waals surface area contributed by atoms with Crippen molar-refractivity contribution >= 4 is 27.5 Å². The van der Waals surface area contributed by atoms with Gasteiger partial charge in [-0.2, -0.15) is 0 Å². The van der Waals surface area contributed by atoms with Crippen molar-refractivity contribution in [3.63, 3.8) is 0 Å². The summed E-state index contributed by atoms with van der Waals surface area (Å²) in [7, 11) is 0. The highest BCUT2D eigenvalue weighted by molar-refractivity contribution is 9.10. The number of benzene rings is 1. The predicted octanol–water partition coefficient (Wildman–Crippen LogP) is 4.81. The van der Waals surface area contributed by atoms with E-state index in [9.17, 15) is 9.18 Å². The van der Waals surface area contributed by atoms with Gasteiger partial charge in [0.05, 0.1) is 5.41 Å². The summed E-state index contributed by atoms with van der Waals surface area (Å²) in [5.74, 6) is 1.13. The number of carbonyl (C=O) groups is 1. The number of alkyl halides is 1. The third-order valence-electron chi connectivity index (χ3n) is 5.92. The van der Waals surface area contributed by atoms with Crippen molar-refractivity contribution in [2.45, 2.75) is 49.8 Å². The van der Waals surface area contributed by atoms with Gasteiger partial charge in [-0.15, -0.1) is 0 Å². The molecule has 0 saturated heterocycles. The van der Waals surface area contributed by atoms with Gasteiger partial charge in [0.15, 0.2) is 0 Å². The Labute approximate surface area is 139 Å². The second-order valence-corrected chi connectivity index (χ2v) is 9.49. The Balaban J connectivity index is 1.61. The summed E-state index contributed by atoms with van der Waals surface area (Å²) >= 11 is 3.93. The molecule has 5 rings (SSSR count). The maximum Gasteiger partial charge on any atom is 0.230 e. The van der Waals surface area contributed by atoms with Crippen LogP contribution in [0.4, 0.5) is 10.1 Å². The van der Waals surface area contributed by atoms with Crippen LogP contribution in [0.1, 0.15) is 44.1 Å². The predicted molar refractivity (Wildman–Crippen MR) is 88.5 cm³/mol. The highest BCUT2D eigenvalue weighted by Gasteiger charge is 2.59. The summed E-state index contributed by atoms with van der Waals surface area (Å²) < 4.78 is 13.6. The summed E-state index contributed by atoms with van der Waals surface area (Å²) in [4.78, 5) is 13.0. The van der Waals surface area contributed by atoms with Gasteiger partial charge in [0.1, 0.15) is 5.82 Å². The SMILES string of the molecule is Cc1ccc(F)cc1NC(=O)C12CC3CC(CC(Br)(C3)C1)C2. The molecule has 22 heavy (non-hydrogen) atoms. The molecule has 4 aliphatic rings. The van der Waals surface area contributed by atoms with Crippen molar-refractivity contribution in [1.82, 2.24) is 0 Å². The van der Waals surface area contributed by atoms with E-state index in [4.69, 9.17) is 0 Å². The molecule has 0 aliphatic heterocycles. The molecule has 2 nitrogen and oxygen atoms in total. The lowest BCUT2D eigenvalue weighted by Gasteiger charge is -2.59. The molecular formula is C18H21BrFNO. The molecule has 2 unspecified atom stereocenters. The van der Waals surface area contributed by atoms with Crippen LogP contribution in [0.2, 0.25) is 0 Å². The van der Waals surface area contributed by atoms with Gasteiger partial charge in [-0.1, -0.05) is 22.0 Å². The van der Waals surface area contributed by atoms with E-state index in [-0.39, 0.29) is 21.5 Å². The summed E-state index contributed by atoms with van der Waals surface area (Å²) in [5.41, 5.74) is 1.27. The highest BCUT2D eigenvalue weighted by atomic mass is 79.9. The average molecular weight is 366 g/mol. The van der Waals surface area contributed by atoms with Crippen molar-refractivity contribution < 1.29 is 9.18 Å². The van der Waals surface area contributed by atoms with Gasteiger partial charge in [0, 0.05) is 10.0 Å². The van der Waals surface area contributed by atoms with E-state index in [1.54, 1.807) is 6.07 Å². The van der Waals surface area contributed by atoms with E-state index in [0.29, 0.717) is 17.5 Å². The van der Waals surface area contributed by atoms with Crippen LogP contribution in [-0.4, -0.2) is 10.2 Å². The molecule has 4 fully saturated rings. The molecular weight excluding hydrogens is 345 g/mol. The van der Waals surface area contributed by atoms with Crippen molar-refractivity contribution in [2.75, 3.05) is 5.32 Å². The van der Waals surface area contributed by atoms with Crippen LogP contribution in [0.5, 0.6) is 0 Å². The number of nitrogens with one attached hydrogen (secondary N) is 1. The summed E-state index contributed by atoms with van der Waals surface area (Å²) in [6, 6.07) is 4.58. The smallest absolute Gasteiger partial charge is 0.230 e. The first-order valence-electron chi connectivity index (χ1n) is 8.14. The lowest BCUT2D eigenvalue weighted by Crippen LogP contribution is -2.57. The van der Waals surface area contributed by atoms with Crippen LogP contribution < -0.4 is 5.32 Å². The van der Waals surface area contributed by atoms with Crippen molar-refractivity contribution in [3.05, 3.63) is 29.6 Å². The fraction of sp³-hybridized carbons (Fsp3) is 0.611. The van der Waals surface area contributed by atoms with Gasteiger partial charge < -0.3 is 5.32 Å². The molecule has 0 heterocycles. The largest absolute Gasteiger partial charge is 0.325 e. The molecule has 4 aliphatic carbocycles.